The molecule has 0 spiro atoms. The fraction of sp³-hybridized carbons (Fsp3) is 0.133. The number of esters is 1. The van der Waals surface area contributed by atoms with Gasteiger partial charge in [-0.05, 0) is 30.3 Å². The maximum atomic E-state index is 11.7. The van der Waals surface area contributed by atoms with Gasteiger partial charge in [0.2, 0.25) is 0 Å². The Bertz CT molecular complexity index is 728. The number of hydrogen-bond donors (Lipinski definition) is 1. The Kier molecular flexibility index (Phi) is 8.84. The molecular formula is C15H13Cl3NNaO4. The van der Waals surface area contributed by atoms with Crippen molar-refractivity contribution in [2.24, 2.45) is 0 Å². The van der Waals surface area contributed by atoms with Crippen molar-refractivity contribution in [2.45, 2.75) is 0 Å². The first kappa shape index (κ1) is 21.5. The number of hydrogen-bond acceptors (Lipinski definition) is 5. The second-order valence-electron chi connectivity index (χ2n) is 4.56. The summed E-state index contributed by atoms with van der Waals surface area (Å²) in [6.45, 7) is -0.312. The Morgan fingerprint density at radius 2 is 1.62 bits per heavy atom. The molecule has 0 amide bonds. The van der Waals surface area contributed by atoms with Crippen molar-refractivity contribution in [3.63, 3.8) is 0 Å². The van der Waals surface area contributed by atoms with E-state index in [4.69, 9.17) is 49.5 Å². The summed E-state index contributed by atoms with van der Waals surface area (Å²) in [5, 5.41) is 10.9. The standard InChI is InChI=1S/C15H12Cl3NO4.Na.H/c1-19(21)8-15(20)23-14-7-10(17)3-5-13(14)22-12-4-2-9(16)6-11(12)18;;/h2-7,21H,8H2,1H3;;. The molecule has 0 heterocycles. The molecule has 0 unspecified atom stereocenters. The van der Waals surface area contributed by atoms with Crippen LogP contribution in [0.25, 0.3) is 0 Å². The van der Waals surface area contributed by atoms with E-state index in [2.05, 4.69) is 0 Å². The van der Waals surface area contributed by atoms with Crippen LogP contribution in [0.15, 0.2) is 36.4 Å². The summed E-state index contributed by atoms with van der Waals surface area (Å²) in [7, 11) is 1.32. The molecular weight excluding hydrogens is 388 g/mol. The van der Waals surface area contributed by atoms with Gasteiger partial charge in [0, 0.05) is 23.2 Å². The predicted molar refractivity (Wildman–Crippen MR) is 95.2 cm³/mol. The number of carbonyl (C=O) groups excluding carboxylic acids is 1. The van der Waals surface area contributed by atoms with E-state index in [1.807, 2.05) is 0 Å². The van der Waals surface area contributed by atoms with E-state index in [1.54, 1.807) is 24.3 Å². The Balaban J connectivity index is 0.00000288. The van der Waals surface area contributed by atoms with Crippen LogP contribution < -0.4 is 9.47 Å². The Morgan fingerprint density at radius 3 is 2.21 bits per heavy atom. The summed E-state index contributed by atoms with van der Waals surface area (Å²) in [6.07, 6.45) is 0. The second-order valence-corrected chi connectivity index (χ2v) is 5.84. The molecule has 24 heavy (non-hydrogen) atoms. The van der Waals surface area contributed by atoms with Gasteiger partial charge in [0.25, 0.3) is 0 Å². The van der Waals surface area contributed by atoms with Crippen LogP contribution in [0.3, 0.4) is 0 Å². The van der Waals surface area contributed by atoms with Crippen LogP contribution in [0.1, 0.15) is 0 Å². The van der Waals surface area contributed by atoms with Gasteiger partial charge in [-0.25, -0.2) is 0 Å². The van der Waals surface area contributed by atoms with Crippen LogP contribution in [0.4, 0.5) is 0 Å². The van der Waals surface area contributed by atoms with Crippen molar-refractivity contribution in [3.05, 3.63) is 51.5 Å². The van der Waals surface area contributed by atoms with Gasteiger partial charge in [0.1, 0.15) is 12.3 Å². The number of halogens is 3. The molecule has 0 fully saturated rings. The molecule has 0 saturated heterocycles. The van der Waals surface area contributed by atoms with E-state index in [9.17, 15) is 4.79 Å². The molecule has 0 saturated carbocycles. The van der Waals surface area contributed by atoms with Gasteiger partial charge in [-0.2, -0.15) is 5.06 Å². The quantitative estimate of drug-likeness (QED) is 0.356. The van der Waals surface area contributed by atoms with E-state index < -0.39 is 5.97 Å². The number of ether oxygens (including phenoxy) is 2. The van der Waals surface area contributed by atoms with Crippen molar-refractivity contribution in [2.75, 3.05) is 13.6 Å². The maximum absolute atomic E-state index is 11.7. The minimum absolute atomic E-state index is 0. The third-order valence-corrected chi connectivity index (χ3v) is 3.37. The number of likely N-dealkylation sites (N-methyl/N-ethyl adjacent to an activating group) is 1. The first-order valence-electron chi connectivity index (χ1n) is 6.38. The van der Waals surface area contributed by atoms with Crippen LogP contribution in [-0.2, 0) is 4.79 Å². The molecule has 0 bridgehead atoms. The summed E-state index contributed by atoms with van der Waals surface area (Å²) >= 11 is 17.8. The minimum atomic E-state index is -0.677. The summed E-state index contributed by atoms with van der Waals surface area (Å²) in [6, 6.07) is 9.28. The molecule has 0 aliphatic carbocycles. The summed E-state index contributed by atoms with van der Waals surface area (Å²) in [5.41, 5.74) is 0. The van der Waals surface area contributed by atoms with Crippen molar-refractivity contribution >= 4 is 70.3 Å². The van der Waals surface area contributed by atoms with E-state index in [0.717, 1.165) is 0 Å². The normalized spacial score (nSPS) is 10.2. The van der Waals surface area contributed by atoms with Gasteiger partial charge in [-0.15, -0.1) is 0 Å². The van der Waals surface area contributed by atoms with Crippen LogP contribution in [0, 0.1) is 0 Å². The third-order valence-electron chi connectivity index (χ3n) is 2.60. The molecule has 2 rings (SSSR count). The van der Waals surface area contributed by atoms with Crippen LogP contribution in [0.2, 0.25) is 15.1 Å². The first-order chi connectivity index (χ1) is 10.8. The molecule has 0 aromatic heterocycles. The first-order valence-corrected chi connectivity index (χ1v) is 7.51. The van der Waals surface area contributed by atoms with Crippen molar-refractivity contribution in [3.8, 4) is 17.2 Å². The van der Waals surface area contributed by atoms with Gasteiger partial charge in [0.15, 0.2) is 11.5 Å². The second kappa shape index (κ2) is 9.85. The van der Waals surface area contributed by atoms with Crippen molar-refractivity contribution < 1.29 is 19.5 Å². The average molecular weight is 401 g/mol. The molecule has 5 nitrogen and oxygen atoms in total. The monoisotopic (exact) mass is 399 g/mol. The van der Waals surface area contributed by atoms with Gasteiger partial charge >= 0.3 is 35.5 Å². The predicted octanol–water partition coefficient (Wildman–Crippen LogP) is 4.02. The van der Waals surface area contributed by atoms with Gasteiger partial charge in [0.05, 0.1) is 5.02 Å². The Morgan fingerprint density at radius 1 is 1.04 bits per heavy atom. The number of rotatable bonds is 5. The molecule has 0 atom stereocenters. The third kappa shape index (κ3) is 6.43. The van der Waals surface area contributed by atoms with Crippen LogP contribution >= 0.6 is 34.8 Å². The van der Waals surface area contributed by atoms with E-state index in [1.165, 1.54) is 19.2 Å². The number of hydroxylamine groups is 2. The van der Waals surface area contributed by atoms with Gasteiger partial charge in [-0.3, -0.25) is 4.79 Å². The van der Waals surface area contributed by atoms with Crippen molar-refractivity contribution in [1.29, 1.82) is 0 Å². The average Bonchev–Trinajstić information content (AvgIpc) is 2.43. The zero-order valence-corrected chi connectivity index (χ0v) is 14.2. The molecule has 2 aromatic carbocycles. The zero-order valence-electron chi connectivity index (χ0n) is 11.9. The van der Waals surface area contributed by atoms with E-state index in [0.29, 0.717) is 25.9 Å². The Labute approximate surface area is 176 Å². The van der Waals surface area contributed by atoms with E-state index >= 15 is 0 Å². The fourth-order valence-electron chi connectivity index (χ4n) is 1.66. The molecule has 124 valence electrons. The SMILES string of the molecule is CN(O)CC(=O)Oc1cc(Cl)ccc1Oc1ccc(Cl)cc1Cl.[NaH]. The summed E-state index contributed by atoms with van der Waals surface area (Å²) < 4.78 is 10.8. The zero-order chi connectivity index (χ0) is 17.0. The fourth-order valence-corrected chi connectivity index (χ4v) is 2.27. The number of benzene rings is 2. The molecule has 9 heteroatoms. The van der Waals surface area contributed by atoms with Gasteiger partial charge in [-0.1, -0.05) is 34.8 Å². The molecule has 0 radical (unpaired) electrons. The summed E-state index contributed by atoms with van der Waals surface area (Å²) in [5.74, 6) is 0.0159. The topological polar surface area (TPSA) is 59.0 Å². The summed E-state index contributed by atoms with van der Waals surface area (Å²) in [4.78, 5) is 11.7. The molecule has 0 aliphatic rings. The van der Waals surface area contributed by atoms with E-state index in [-0.39, 0.29) is 47.6 Å². The van der Waals surface area contributed by atoms with Gasteiger partial charge < -0.3 is 14.7 Å². The molecule has 2 aromatic rings. The number of nitrogens with zero attached hydrogens (tertiary/aromatic N) is 1. The van der Waals surface area contributed by atoms with Crippen molar-refractivity contribution in [1.82, 2.24) is 5.06 Å². The van der Waals surface area contributed by atoms with Crippen LogP contribution in [-0.4, -0.2) is 59.4 Å². The molecule has 1 N–H and O–H groups in total. The Hall–Kier alpha value is -0.500. The number of carbonyl (C=O) groups is 1. The molecule has 0 aliphatic heterocycles. The van der Waals surface area contributed by atoms with Crippen LogP contribution in [0.5, 0.6) is 17.2 Å².